The highest BCUT2D eigenvalue weighted by atomic mass is 79.9. The third-order valence-electron chi connectivity index (χ3n) is 4.85. The van der Waals surface area contributed by atoms with E-state index in [0.717, 1.165) is 5.75 Å². The molecular weight excluding hydrogens is 352 g/mol. The minimum Gasteiger partial charge on any atom is -0.489 e. The van der Waals surface area contributed by atoms with Gasteiger partial charge in [-0.2, -0.15) is 0 Å². The summed E-state index contributed by atoms with van der Waals surface area (Å²) in [6, 6.07) is 4.44. The van der Waals surface area contributed by atoms with E-state index in [-0.39, 0.29) is 9.36 Å². The molecule has 124 valence electrons. The van der Waals surface area contributed by atoms with E-state index in [2.05, 4.69) is 89.3 Å². The van der Waals surface area contributed by atoms with Gasteiger partial charge in [-0.3, -0.25) is 0 Å². The van der Waals surface area contributed by atoms with Crippen LogP contribution >= 0.6 is 15.9 Å². The van der Waals surface area contributed by atoms with Crippen molar-refractivity contribution in [2.75, 3.05) is 6.61 Å². The first-order valence-corrected chi connectivity index (χ1v) is 11.7. The average molecular weight is 383 g/mol. The molecule has 0 aliphatic rings. The largest absolute Gasteiger partial charge is 0.489 e. The van der Waals surface area contributed by atoms with Gasteiger partial charge < -0.3 is 4.74 Å². The molecule has 1 nitrogen and oxygen atoms in total. The quantitative estimate of drug-likeness (QED) is 0.349. The molecule has 0 saturated carbocycles. The molecule has 0 aliphatic heterocycles. The van der Waals surface area contributed by atoms with Crippen molar-refractivity contribution >= 4 is 29.2 Å². The second-order valence-electron chi connectivity index (χ2n) is 8.08. The molecule has 1 aromatic carbocycles. The molecule has 0 fully saturated rings. The van der Waals surface area contributed by atoms with Crippen molar-refractivity contribution in [3.8, 4) is 5.75 Å². The average Bonchev–Trinajstić information content (AvgIpc) is 2.32. The van der Waals surface area contributed by atoms with E-state index in [1.54, 1.807) is 0 Å². The summed E-state index contributed by atoms with van der Waals surface area (Å²) in [5, 5.41) is 1.70. The summed E-state index contributed by atoms with van der Waals surface area (Å²) in [6.45, 7) is 22.8. The Morgan fingerprint density at radius 3 is 2.14 bits per heavy atom. The third kappa shape index (κ3) is 3.86. The Balaban J connectivity index is 3.71. The minimum absolute atomic E-state index is 0.117. The predicted octanol–water partition coefficient (Wildman–Crippen LogP) is 5.91. The van der Waals surface area contributed by atoms with Crippen LogP contribution in [0, 0.1) is 6.92 Å². The smallest absolute Gasteiger partial charge is 0.123 e. The summed E-state index contributed by atoms with van der Waals surface area (Å²) in [5.74, 6) is 1.06. The number of rotatable bonds is 5. The van der Waals surface area contributed by atoms with E-state index in [4.69, 9.17) is 4.74 Å². The van der Waals surface area contributed by atoms with Gasteiger partial charge in [-0.1, -0.05) is 74.6 Å². The Hall–Kier alpha value is -0.543. The van der Waals surface area contributed by atoms with Crippen LogP contribution in [0.15, 0.2) is 24.8 Å². The molecule has 0 spiro atoms. The van der Waals surface area contributed by atoms with E-state index < -0.39 is 8.07 Å². The second-order valence-corrected chi connectivity index (χ2v) is 15.3. The van der Waals surface area contributed by atoms with E-state index in [0.29, 0.717) is 6.61 Å². The second kappa shape index (κ2) is 6.52. The standard InChI is InChI=1S/C19H31BrOSi/c1-10-13-21-16-15(19(6,7)20)12-11-14(2)17(16)22(8,9)18(3,4)5/h10-12H,1,13H2,2-9H3. The summed E-state index contributed by atoms with van der Waals surface area (Å²) < 4.78 is 6.08. The van der Waals surface area contributed by atoms with Crippen LogP contribution < -0.4 is 9.92 Å². The molecular formula is C19H31BrOSi. The Kier molecular flexibility index (Phi) is 5.78. The fourth-order valence-electron chi connectivity index (χ4n) is 2.59. The molecule has 0 bridgehead atoms. The summed E-state index contributed by atoms with van der Waals surface area (Å²) in [4.78, 5) is 0. The van der Waals surface area contributed by atoms with Gasteiger partial charge in [-0.25, -0.2) is 0 Å². The van der Waals surface area contributed by atoms with Crippen molar-refractivity contribution in [3.63, 3.8) is 0 Å². The fraction of sp³-hybridized carbons (Fsp3) is 0.579. The number of aryl methyl sites for hydroxylation is 1. The molecule has 0 unspecified atom stereocenters. The Labute approximate surface area is 146 Å². The topological polar surface area (TPSA) is 9.23 Å². The lowest BCUT2D eigenvalue weighted by atomic mass is 10.00. The van der Waals surface area contributed by atoms with Crippen LogP contribution in [-0.2, 0) is 4.32 Å². The zero-order valence-corrected chi connectivity index (χ0v) is 18.0. The van der Waals surface area contributed by atoms with Crippen LogP contribution in [0.25, 0.3) is 0 Å². The summed E-state index contributed by atoms with van der Waals surface area (Å²) in [5.41, 5.74) is 2.56. The molecule has 0 amide bonds. The lowest BCUT2D eigenvalue weighted by Gasteiger charge is -2.40. The number of alkyl halides is 1. The normalized spacial score (nSPS) is 13.1. The molecule has 0 radical (unpaired) electrons. The molecule has 0 aromatic heterocycles. The van der Waals surface area contributed by atoms with E-state index in [1.807, 2.05) is 6.08 Å². The van der Waals surface area contributed by atoms with Crippen LogP contribution in [0.4, 0.5) is 0 Å². The van der Waals surface area contributed by atoms with Gasteiger partial charge in [0.25, 0.3) is 0 Å². The fourth-order valence-corrected chi connectivity index (χ4v) is 5.50. The van der Waals surface area contributed by atoms with Crippen molar-refractivity contribution in [2.24, 2.45) is 0 Å². The van der Waals surface area contributed by atoms with Crippen LogP contribution in [0.1, 0.15) is 45.7 Å². The molecule has 1 rings (SSSR count). The van der Waals surface area contributed by atoms with Crippen LogP contribution in [0.3, 0.4) is 0 Å². The SMILES string of the molecule is C=CCOc1c(C(C)(C)Br)ccc(C)c1[Si](C)(C)C(C)(C)C. The molecule has 3 heteroatoms. The zero-order chi connectivity index (χ0) is 17.3. The van der Waals surface area contributed by atoms with Crippen molar-refractivity contribution in [1.29, 1.82) is 0 Å². The summed E-state index contributed by atoms with van der Waals surface area (Å²) in [6.07, 6.45) is 1.82. The maximum Gasteiger partial charge on any atom is 0.123 e. The molecule has 0 saturated heterocycles. The number of hydrogen-bond donors (Lipinski definition) is 0. The highest BCUT2D eigenvalue weighted by molar-refractivity contribution is 9.09. The Bertz CT molecular complexity index is 548. The van der Waals surface area contributed by atoms with Crippen molar-refractivity contribution < 1.29 is 4.74 Å². The first kappa shape index (κ1) is 19.5. The van der Waals surface area contributed by atoms with Gasteiger partial charge in [0.1, 0.15) is 12.4 Å². The summed E-state index contributed by atoms with van der Waals surface area (Å²) >= 11 is 3.81. The predicted molar refractivity (Wildman–Crippen MR) is 106 cm³/mol. The highest BCUT2D eigenvalue weighted by Gasteiger charge is 2.41. The van der Waals surface area contributed by atoms with Crippen LogP contribution in [0.2, 0.25) is 18.1 Å². The lowest BCUT2D eigenvalue weighted by Crippen LogP contribution is -2.51. The number of halogens is 1. The maximum atomic E-state index is 6.19. The molecule has 0 N–H and O–H groups in total. The monoisotopic (exact) mass is 382 g/mol. The van der Waals surface area contributed by atoms with Crippen molar-refractivity contribution in [3.05, 3.63) is 35.9 Å². The van der Waals surface area contributed by atoms with E-state index >= 15 is 0 Å². The van der Waals surface area contributed by atoms with Gasteiger partial charge in [0.05, 0.1) is 8.07 Å². The van der Waals surface area contributed by atoms with Crippen LogP contribution in [-0.4, -0.2) is 14.7 Å². The zero-order valence-electron chi connectivity index (χ0n) is 15.4. The van der Waals surface area contributed by atoms with Crippen molar-refractivity contribution in [1.82, 2.24) is 0 Å². The van der Waals surface area contributed by atoms with Crippen molar-refractivity contribution in [2.45, 2.75) is 64.0 Å². The first-order chi connectivity index (χ1) is 9.84. The van der Waals surface area contributed by atoms with Gasteiger partial charge in [0.2, 0.25) is 0 Å². The van der Waals surface area contributed by atoms with Gasteiger partial charge in [-0.05, 0) is 36.6 Å². The number of benzene rings is 1. The Morgan fingerprint density at radius 2 is 1.73 bits per heavy atom. The van der Waals surface area contributed by atoms with Gasteiger partial charge >= 0.3 is 0 Å². The van der Waals surface area contributed by atoms with Gasteiger partial charge in [-0.15, -0.1) is 0 Å². The Morgan fingerprint density at radius 1 is 1.18 bits per heavy atom. The lowest BCUT2D eigenvalue weighted by molar-refractivity contribution is 0.359. The minimum atomic E-state index is -1.71. The molecule has 0 heterocycles. The highest BCUT2D eigenvalue weighted by Crippen LogP contribution is 2.42. The summed E-state index contributed by atoms with van der Waals surface area (Å²) in [7, 11) is -1.71. The third-order valence-corrected chi connectivity index (χ3v) is 10.9. The first-order valence-electron chi connectivity index (χ1n) is 7.91. The molecule has 0 aliphatic carbocycles. The number of ether oxygens (including phenoxy) is 1. The van der Waals surface area contributed by atoms with Gasteiger partial charge in [0, 0.05) is 9.89 Å². The van der Waals surface area contributed by atoms with E-state index in [1.165, 1.54) is 16.3 Å². The molecule has 1 aromatic rings. The van der Waals surface area contributed by atoms with Gasteiger partial charge in [0.15, 0.2) is 0 Å². The number of hydrogen-bond acceptors (Lipinski definition) is 1. The van der Waals surface area contributed by atoms with Crippen LogP contribution in [0.5, 0.6) is 5.75 Å². The molecule has 22 heavy (non-hydrogen) atoms. The van der Waals surface area contributed by atoms with E-state index in [9.17, 15) is 0 Å². The molecule has 0 atom stereocenters. The maximum absolute atomic E-state index is 6.19.